The molecule has 0 aromatic heterocycles. The van der Waals surface area contributed by atoms with Crippen molar-refractivity contribution in [2.24, 2.45) is 5.92 Å². The average Bonchev–Trinajstić information content (AvgIpc) is 2.67. The minimum absolute atomic E-state index is 0.0636. The largest absolute Gasteiger partial charge is 0.399 e. The van der Waals surface area contributed by atoms with Crippen LogP contribution in [0.15, 0.2) is 24.3 Å². The number of nitrogens with two attached hydrogens (primary N) is 1. The number of benzene rings is 1. The average molecular weight is 289 g/mol. The van der Waals surface area contributed by atoms with Crippen molar-refractivity contribution in [3.8, 4) is 0 Å². The number of hydrogen-bond donors (Lipinski definition) is 2. The van der Waals surface area contributed by atoms with Gasteiger partial charge in [-0.2, -0.15) is 0 Å². The molecule has 1 heterocycles. The number of anilines is 2. The third-order valence-corrected chi connectivity index (χ3v) is 4.20. The fourth-order valence-corrected chi connectivity index (χ4v) is 3.05. The van der Waals surface area contributed by atoms with E-state index in [0.717, 1.165) is 24.7 Å². The molecule has 1 aromatic carbocycles. The van der Waals surface area contributed by atoms with Gasteiger partial charge < -0.3 is 11.1 Å². The molecule has 1 aliphatic rings. The number of hydrogen-bond acceptors (Lipinski definition) is 3. The van der Waals surface area contributed by atoms with Gasteiger partial charge in [0.1, 0.15) is 0 Å². The molecule has 1 amide bonds. The van der Waals surface area contributed by atoms with Crippen LogP contribution in [-0.4, -0.2) is 30.4 Å². The van der Waals surface area contributed by atoms with Gasteiger partial charge in [0.2, 0.25) is 5.91 Å². The zero-order chi connectivity index (χ0) is 15.1. The maximum Gasteiger partial charge on any atom is 0.238 e. The normalized spacial score (nSPS) is 20.0. The lowest BCUT2D eigenvalue weighted by Crippen LogP contribution is -2.34. The second-order valence-electron chi connectivity index (χ2n) is 6.03. The van der Waals surface area contributed by atoms with Gasteiger partial charge in [-0.05, 0) is 62.5 Å². The zero-order valence-electron chi connectivity index (χ0n) is 13.0. The van der Waals surface area contributed by atoms with Crippen molar-refractivity contribution < 1.29 is 4.79 Å². The minimum Gasteiger partial charge on any atom is -0.399 e. The predicted molar refractivity (Wildman–Crippen MR) is 88.2 cm³/mol. The monoisotopic (exact) mass is 289 g/mol. The fraction of sp³-hybridized carbons (Fsp3) is 0.588. The molecule has 1 aromatic rings. The van der Waals surface area contributed by atoms with E-state index in [2.05, 4.69) is 17.1 Å². The molecule has 21 heavy (non-hydrogen) atoms. The number of rotatable bonds is 5. The van der Waals surface area contributed by atoms with Crippen LogP contribution in [0.2, 0.25) is 0 Å². The Balaban J connectivity index is 1.78. The quantitative estimate of drug-likeness (QED) is 0.819. The Morgan fingerprint density at radius 2 is 2.05 bits per heavy atom. The van der Waals surface area contributed by atoms with Gasteiger partial charge in [0.25, 0.3) is 0 Å². The first-order chi connectivity index (χ1) is 10.2. The molecule has 4 nitrogen and oxygen atoms in total. The highest BCUT2D eigenvalue weighted by molar-refractivity contribution is 5.92. The SMILES string of the molecule is CCCC1CCCN(CC(=O)Nc2ccc(N)cc2)CC1. The van der Waals surface area contributed by atoms with Gasteiger partial charge in [-0.1, -0.05) is 19.8 Å². The molecule has 116 valence electrons. The van der Waals surface area contributed by atoms with Crippen LogP contribution in [0.3, 0.4) is 0 Å². The molecular formula is C17H27N3O. The van der Waals surface area contributed by atoms with E-state index in [-0.39, 0.29) is 5.91 Å². The number of nitrogens with zero attached hydrogens (tertiary/aromatic N) is 1. The predicted octanol–water partition coefficient (Wildman–Crippen LogP) is 3.11. The van der Waals surface area contributed by atoms with Crippen LogP contribution in [0.4, 0.5) is 11.4 Å². The lowest BCUT2D eigenvalue weighted by atomic mass is 9.96. The molecule has 1 aliphatic heterocycles. The second kappa shape index (κ2) is 8.03. The number of carbonyl (C=O) groups is 1. The molecule has 1 atom stereocenters. The first-order valence-electron chi connectivity index (χ1n) is 8.05. The van der Waals surface area contributed by atoms with Crippen LogP contribution in [0.1, 0.15) is 39.0 Å². The molecule has 2 rings (SSSR count). The van der Waals surface area contributed by atoms with Gasteiger partial charge in [0.05, 0.1) is 6.54 Å². The van der Waals surface area contributed by atoms with E-state index >= 15 is 0 Å². The summed E-state index contributed by atoms with van der Waals surface area (Å²) in [5.41, 5.74) is 7.16. The van der Waals surface area contributed by atoms with E-state index in [1.54, 1.807) is 12.1 Å². The zero-order valence-corrected chi connectivity index (χ0v) is 13.0. The fourth-order valence-electron chi connectivity index (χ4n) is 3.05. The smallest absolute Gasteiger partial charge is 0.238 e. The molecule has 4 heteroatoms. The Hall–Kier alpha value is -1.55. The van der Waals surface area contributed by atoms with Crippen molar-refractivity contribution in [3.05, 3.63) is 24.3 Å². The van der Waals surface area contributed by atoms with Crippen molar-refractivity contribution in [2.45, 2.75) is 39.0 Å². The van der Waals surface area contributed by atoms with Crippen LogP contribution in [0, 0.1) is 5.92 Å². The Labute approximate surface area is 127 Å². The summed E-state index contributed by atoms with van der Waals surface area (Å²) in [7, 11) is 0. The lowest BCUT2D eigenvalue weighted by molar-refractivity contribution is -0.117. The number of likely N-dealkylation sites (tertiary alicyclic amines) is 1. The van der Waals surface area contributed by atoms with Crippen LogP contribution in [-0.2, 0) is 4.79 Å². The highest BCUT2D eigenvalue weighted by atomic mass is 16.2. The maximum atomic E-state index is 12.1. The molecule has 0 saturated carbocycles. The molecule has 0 aliphatic carbocycles. The van der Waals surface area contributed by atoms with E-state index in [1.807, 2.05) is 12.1 Å². The summed E-state index contributed by atoms with van der Waals surface area (Å²) in [5.74, 6) is 0.911. The molecule has 0 spiro atoms. The Bertz CT molecular complexity index is 444. The second-order valence-corrected chi connectivity index (χ2v) is 6.03. The maximum absolute atomic E-state index is 12.1. The molecule has 1 unspecified atom stereocenters. The Morgan fingerprint density at radius 3 is 2.76 bits per heavy atom. The van der Waals surface area contributed by atoms with Gasteiger partial charge in [-0.15, -0.1) is 0 Å². The van der Waals surface area contributed by atoms with E-state index in [1.165, 1.54) is 32.1 Å². The minimum atomic E-state index is 0.0636. The first-order valence-corrected chi connectivity index (χ1v) is 8.05. The van der Waals surface area contributed by atoms with Gasteiger partial charge in [-0.3, -0.25) is 9.69 Å². The van der Waals surface area contributed by atoms with Crippen LogP contribution in [0.5, 0.6) is 0 Å². The number of nitrogen functional groups attached to an aromatic ring is 1. The van der Waals surface area contributed by atoms with Crippen molar-refractivity contribution in [1.29, 1.82) is 0 Å². The molecule has 1 fully saturated rings. The summed E-state index contributed by atoms with van der Waals surface area (Å²) in [6.07, 6.45) is 6.33. The van der Waals surface area contributed by atoms with E-state index in [9.17, 15) is 4.79 Å². The van der Waals surface area contributed by atoms with Crippen LogP contribution in [0.25, 0.3) is 0 Å². The summed E-state index contributed by atoms with van der Waals surface area (Å²) < 4.78 is 0. The topological polar surface area (TPSA) is 58.4 Å². The first kappa shape index (κ1) is 15.8. The van der Waals surface area contributed by atoms with Gasteiger partial charge in [-0.25, -0.2) is 0 Å². The summed E-state index contributed by atoms with van der Waals surface area (Å²) in [6, 6.07) is 7.29. The molecule has 3 N–H and O–H groups in total. The van der Waals surface area contributed by atoms with Gasteiger partial charge >= 0.3 is 0 Å². The van der Waals surface area contributed by atoms with Gasteiger partial charge in [0.15, 0.2) is 0 Å². The van der Waals surface area contributed by atoms with E-state index in [4.69, 9.17) is 5.73 Å². The number of amides is 1. The van der Waals surface area contributed by atoms with Crippen LogP contribution < -0.4 is 11.1 Å². The third-order valence-electron chi connectivity index (χ3n) is 4.20. The molecular weight excluding hydrogens is 262 g/mol. The highest BCUT2D eigenvalue weighted by Gasteiger charge is 2.18. The van der Waals surface area contributed by atoms with Crippen LogP contribution >= 0.6 is 0 Å². The third kappa shape index (κ3) is 5.38. The Kier molecular flexibility index (Phi) is 6.05. The standard InChI is InChI=1S/C17H27N3O/c1-2-4-14-5-3-11-20(12-10-14)13-17(21)19-16-8-6-15(18)7-9-16/h6-9,14H,2-5,10-13,18H2,1H3,(H,19,21). The molecule has 1 saturated heterocycles. The van der Waals surface area contributed by atoms with Crippen molar-refractivity contribution in [1.82, 2.24) is 4.90 Å². The summed E-state index contributed by atoms with van der Waals surface area (Å²) in [5, 5.41) is 2.94. The molecule has 0 radical (unpaired) electrons. The summed E-state index contributed by atoms with van der Waals surface area (Å²) in [4.78, 5) is 14.4. The van der Waals surface area contributed by atoms with Crippen molar-refractivity contribution >= 4 is 17.3 Å². The Morgan fingerprint density at radius 1 is 1.29 bits per heavy atom. The highest BCUT2D eigenvalue weighted by Crippen LogP contribution is 2.21. The number of carbonyl (C=O) groups excluding carboxylic acids is 1. The van der Waals surface area contributed by atoms with E-state index < -0.39 is 0 Å². The number of nitrogens with one attached hydrogen (secondary N) is 1. The summed E-state index contributed by atoms with van der Waals surface area (Å²) >= 11 is 0. The molecule has 0 bridgehead atoms. The lowest BCUT2D eigenvalue weighted by Gasteiger charge is -2.19. The summed E-state index contributed by atoms with van der Waals surface area (Å²) in [6.45, 7) is 4.82. The van der Waals surface area contributed by atoms with E-state index in [0.29, 0.717) is 12.2 Å². The van der Waals surface area contributed by atoms with Crippen molar-refractivity contribution in [3.63, 3.8) is 0 Å². The van der Waals surface area contributed by atoms with Gasteiger partial charge in [0, 0.05) is 11.4 Å². The van der Waals surface area contributed by atoms with Crippen molar-refractivity contribution in [2.75, 3.05) is 30.7 Å².